The summed E-state index contributed by atoms with van der Waals surface area (Å²) in [5, 5.41) is 3.13. The zero-order chi connectivity index (χ0) is 12.3. The van der Waals surface area contributed by atoms with E-state index in [1.807, 2.05) is 0 Å². The van der Waals surface area contributed by atoms with Crippen molar-refractivity contribution in [3.05, 3.63) is 5.82 Å². The number of hydrogen-bond acceptors (Lipinski definition) is 6. The Morgan fingerprint density at radius 3 is 2.71 bits per heavy atom. The van der Waals surface area contributed by atoms with Crippen molar-refractivity contribution in [2.75, 3.05) is 38.4 Å². The Bertz CT molecular complexity index is 393. The molecule has 0 saturated heterocycles. The molecule has 1 aliphatic rings. The average Bonchev–Trinajstić information content (AvgIpc) is 3.15. The topological polar surface area (TPSA) is 82.3 Å². The summed E-state index contributed by atoms with van der Waals surface area (Å²) in [5.41, 5.74) is 6.36. The predicted octanol–water partition coefficient (Wildman–Crippen LogP) is 1.00. The standard InChI is InChI=1S/C11H18N4O2/c1-16-6-5-13-10-8(12)11(17-2)15-9(14-10)7-3-4-7/h7H,3-6,12H2,1-2H3,(H,13,14,15). The van der Waals surface area contributed by atoms with E-state index >= 15 is 0 Å². The second-order valence-corrected chi connectivity index (χ2v) is 4.05. The number of ether oxygens (including phenoxy) is 2. The summed E-state index contributed by atoms with van der Waals surface area (Å²) in [6.45, 7) is 1.26. The number of rotatable bonds is 6. The van der Waals surface area contributed by atoms with Gasteiger partial charge in [0, 0.05) is 19.6 Å². The van der Waals surface area contributed by atoms with E-state index < -0.39 is 0 Å². The van der Waals surface area contributed by atoms with Crippen molar-refractivity contribution in [2.24, 2.45) is 0 Å². The van der Waals surface area contributed by atoms with E-state index in [4.69, 9.17) is 15.2 Å². The number of anilines is 2. The van der Waals surface area contributed by atoms with Crippen LogP contribution in [0.2, 0.25) is 0 Å². The SMILES string of the molecule is COCCNc1nc(C2CC2)nc(OC)c1N. The highest BCUT2D eigenvalue weighted by Gasteiger charge is 2.28. The summed E-state index contributed by atoms with van der Waals surface area (Å²) in [6, 6.07) is 0. The average molecular weight is 238 g/mol. The molecule has 1 fully saturated rings. The molecule has 0 bridgehead atoms. The van der Waals surface area contributed by atoms with Gasteiger partial charge in [-0.05, 0) is 12.8 Å². The van der Waals surface area contributed by atoms with Crippen molar-refractivity contribution in [1.29, 1.82) is 0 Å². The molecule has 0 spiro atoms. The second-order valence-electron chi connectivity index (χ2n) is 4.05. The first-order valence-electron chi connectivity index (χ1n) is 5.70. The minimum absolute atomic E-state index is 0.446. The third-order valence-corrected chi connectivity index (χ3v) is 2.66. The Labute approximate surface area is 101 Å². The quantitative estimate of drug-likeness (QED) is 0.719. The van der Waals surface area contributed by atoms with Crippen LogP contribution in [0.15, 0.2) is 0 Å². The first-order chi connectivity index (χ1) is 8.26. The maximum atomic E-state index is 5.91. The van der Waals surface area contributed by atoms with Crippen LogP contribution in [0.4, 0.5) is 11.5 Å². The molecule has 1 aromatic heterocycles. The molecular formula is C11H18N4O2. The number of methoxy groups -OCH3 is 2. The third-order valence-electron chi connectivity index (χ3n) is 2.66. The van der Waals surface area contributed by atoms with Gasteiger partial charge < -0.3 is 20.5 Å². The molecule has 6 nitrogen and oxygen atoms in total. The van der Waals surface area contributed by atoms with Crippen molar-refractivity contribution in [1.82, 2.24) is 9.97 Å². The number of nitrogens with one attached hydrogen (secondary N) is 1. The van der Waals surface area contributed by atoms with Gasteiger partial charge in [-0.3, -0.25) is 0 Å². The molecule has 17 heavy (non-hydrogen) atoms. The summed E-state index contributed by atoms with van der Waals surface area (Å²) in [7, 11) is 3.22. The molecule has 94 valence electrons. The van der Waals surface area contributed by atoms with Gasteiger partial charge in [-0.15, -0.1) is 0 Å². The van der Waals surface area contributed by atoms with Gasteiger partial charge in [-0.2, -0.15) is 4.98 Å². The lowest BCUT2D eigenvalue weighted by atomic mass is 10.3. The van der Waals surface area contributed by atoms with Crippen molar-refractivity contribution >= 4 is 11.5 Å². The monoisotopic (exact) mass is 238 g/mol. The first-order valence-corrected chi connectivity index (χ1v) is 5.70. The van der Waals surface area contributed by atoms with Gasteiger partial charge in [0.25, 0.3) is 0 Å². The lowest BCUT2D eigenvalue weighted by molar-refractivity contribution is 0.210. The predicted molar refractivity (Wildman–Crippen MR) is 65.3 cm³/mol. The Balaban J connectivity index is 2.18. The van der Waals surface area contributed by atoms with Crippen LogP contribution in [0.5, 0.6) is 5.88 Å². The molecule has 3 N–H and O–H groups in total. The summed E-state index contributed by atoms with van der Waals surface area (Å²) >= 11 is 0. The number of aromatic nitrogens is 2. The number of nitrogen functional groups attached to an aromatic ring is 1. The highest BCUT2D eigenvalue weighted by atomic mass is 16.5. The highest BCUT2D eigenvalue weighted by molar-refractivity contribution is 5.67. The fourth-order valence-corrected chi connectivity index (χ4v) is 1.55. The maximum Gasteiger partial charge on any atom is 0.242 e. The van der Waals surface area contributed by atoms with Crippen molar-refractivity contribution in [2.45, 2.75) is 18.8 Å². The molecule has 0 aliphatic heterocycles. The van der Waals surface area contributed by atoms with Crippen LogP contribution >= 0.6 is 0 Å². The van der Waals surface area contributed by atoms with E-state index in [0.29, 0.717) is 36.5 Å². The number of nitrogens with two attached hydrogens (primary N) is 1. The molecule has 0 aromatic carbocycles. The molecule has 6 heteroatoms. The number of hydrogen-bond donors (Lipinski definition) is 2. The second kappa shape index (κ2) is 5.18. The van der Waals surface area contributed by atoms with Gasteiger partial charge in [0.15, 0.2) is 5.82 Å². The van der Waals surface area contributed by atoms with Crippen molar-refractivity contribution in [3.63, 3.8) is 0 Å². The van der Waals surface area contributed by atoms with Gasteiger partial charge in [0.2, 0.25) is 5.88 Å². The van der Waals surface area contributed by atoms with Crippen LogP contribution in [0.25, 0.3) is 0 Å². The summed E-state index contributed by atoms with van der Waals surface area (Å²) < 4.78 is 10.1. The Kier molecular flexibility index (Phi) is 3.63. The largest absolute Gasteiger partial charge is 0.479 e. The van der Waals surface area contributed by atoms with Crippen LogP contribution in [-0.4, -0.2) is 37.3 Å². The van der Waals surface area contributed by atoms with Gasteiger partial charge >= 0.3 is 0 Å². The first kappa shape index (κ1) is 11.9. The van der Waals surface area contributed by atoms with Crippen LogP contribution in [0, 0.1) is 0 Å². The van der Waals surface area contributed by atoms with E-state index in [0.717, 1.165) is 18.7 Å². The lowest BCUT2D eigenvalue weighted by Gasteiger charge is -2.12. The van der Waals surface area contributed by atoms with Crippen LogP contribution in [0.1, 0.15) is 24.6 Å². The molecule has 1 aliphatic carbocycles. The molecule has 1 aromatic rings. The van der Waals surface area contributed by atoms with Gasteiger partial charge in [-0.1, -0.05) is 0 Å². The molecule has 1 heterocycles. The van der Waals surface area contributed by atoms with E-state index in [-0.39, 0.29) is 0 Å². The molecule has 0 radical (unpaired) electrons. The molecule has 1 saturated carbocycles. The molecule has 0 atom stereocenters. The smallest absolute Gasteiger partial charge is 0.242 e. The fraction of sp³-hybridized carbons (Fsp3) is 0.636. The van der Waals surface area contributed by atoms with Crippen LogP contribution in [-0.2, 0) is 4.74 Å². The van der Waals surface area contributed by atoms with Crippen LogP contribution in [0.3, 0.4) is 0 Å². The van der Waals surface area contributed by atoms with Gasteiger partial charge in [0.1, 0.15) is 11.5 Å². The highest BCUT2D eigenvalue weighted by Crippen LogP contribution is 2.40. The molecule has 0 unspecified atom stereocenters. The van der Waals surface area contributed by atoms with E-state index in [1.54, 1.807) is 14.2 Å². The van der Waals surface area contributed by atoms with E-state index in [2.05, 4.69) is 15.3 Å². The van der Waals surface area contributed by atoms with Crippen LogP contribution < -0.4 is 15.8 Å². The lowest BCUT2D eigenvalue weighted by Crippen LogP contribution is -2.13. The Hall–Kier alpha value is -1.56. The van der Waals surface area contributed by atoms with Crippen molar-refractivity contribution < 1.29 is 9.47 Å². The maximum absolute atomic E-state index is 5.91. The van der Waals surface area contributed by atoms with Gasteiger partial charge in [0.05, 0.1) is 13.7 Å². The Morgan fingerprint density at radius 1 is 1.35 bits per heavy atom. The minimum Gasteiger partial charge on any atom is -0.479 e. The summed E-state index contributed by atoms with van der Waals surface area (Å²) in [5.74, 6) is 2.36. The molecule has 0 amide bonds. The summed E-state index contributed by atoms with van der Waals surface area (Å²) in [4.78, 5) is 8.74. The zero-order valence-electron chi connectivity index (χ0n) is 10.2. The fourth-order valence-electron chi connectivity index (χ4n) is 1.55. The van der Waals surface area contributed by atoms with E-state index in [1.165, 1.54) is 0 Å². The third kappa shape index (κ3) is 2.76. The number of nitrogens with zero attached hydrogens (tertiary/aromatic N) is 2. The van der Waals surface area contributed by atoms with Gasteiger partial charge in [-0.25, -0.2) is 4.98 Å². The molecular weight excluding hydrogens is 220 g/mol. The minimum atomic E-state index is 0.446. The normalized spacial score (nSPS) is 14.7. The summed E-state index contributed by atoms with van der Waals surface area (Å²) in [6.07, 6.45) is 2.29. The zero-order valence-corrected chi connectivity index (χ0v) is 10.2. The molecule has 2 rings (SSSR count). The van der Waals surface area contributed by atoms with Crippen molar-refractivity contribution in [3.8, 4) is 5.88 Å². The van der Waals surface area contributed by atoms with E-state index in [9.17, 15) is 0 Å². The Morgan fingerprint density at radius 2 is 2.12 bits per heavy atom.